The lowest BCUT2D eigenvalue weighted by atomic mass is 10.2. The molecule has 0 saturated carbocycles. The number of aromatic nitrogens is 2. The minimum absolute atomic E-state index is 0.114. The average molecular weight is 309 g/mol. The molecule has 0 N–H and O–H groups in total. The van der Waals surface area contributed by atoms with Crippen LogP contribution in [-0.4, -0.2) is 9.97 Å². The zero-order valence-corrected chi connectivity index (χ0v) is 12.3. The summed E-state index contributed by atoms with van der Waals surface area (Å²) in [4.78, 5) is 10.1. The summed E-state index contributed by atoms with van der Waals surface area (Å²) in [5, 5.41) is 0.893. The predicted molar refractivity (Wildman–Crippen MR) is 78.4 cm³/mol. The van der Waals surface area contributed by atoms with Crippen LogP contribution in [0.5, 0.6) is 11.6 Å². The van der Waals surface area contributed by atoms with E-state index in [-0.39, 0.29) is 11.1 Å². The minimum atomic E-state index is -0.358. The van der Waals surface area contributed by atoms with E-state index in [9.17, 15) is 4.39 Å². The van der Waals surface area contributed by atoms with Gasteiger partial charge in [-0.25, -0.2) is 9.37 Å². The molecule has 0 aliphatic carbocycles. The van der Waals surface area contributed by atoms with Crippen molar-refractivity contribution >= 4 is 33.2 Å². The van der Waals surface area contributed by atoms with Gasteiger partial charge in [0.2, 0.25) is 11.2 Å². The molecule has 2 aromatic heterocycles. The molecule has 0 aliphatic heterocycles. The molecule has 0 saturated heterocycles. The topological polar surface area (TPSA) is 35.0 Å². The smallest absolute Gasteiger partial charge is 0.232 e. The van der Waals surface area contributed by atoms with Crippen LogP contribution in [0.2, 0.25) is 5.28 Å². The summed E-state index contributed by atoms with van der Waals surface area (Å²) < 4.78 is 19.0. The van der Waals surface area contributed by atoms with Gasteiger partial charge < -0.3 is 4.74 Å². The van der Waals surface area contributed by atoms with E-state index < -0.39 is 0 Å². The van der Waals surface area contributed by atoms with Crippen LogP contribution in [-0.2, 0) is 0 Å². The fourth-order valence-corrected chi connectivity index (χ4v) is 2.94. The normalized spacial score (nSPS) is 11.0. The Morgan fingerprint density at radius 2 is 2.00 bits per heavy atom. The molecule has 0 radical (unpaired) electrons. The zero-order valence-electron chi connectivity index (χ0n) is 10.8. The van der Waals surface area contributed by atoms with E-state index in [1.165, 1.54) is 23.5 Å². The van der Waals surface area contributed by atoms with Crippen molar-refractivity contribution in [2.75, 3.05) is 0 Å². The third kappa shape index (κ3) is 2.46. The minimum Gasteiger partial charge on any atom is -0.438 e. The number of halogens is 2. The second-order valence-corrected chi connectivity index (χ2v) is 5.96. The molecule has 0 unspecified atom stereocenters. The highest BCUT2D eigenvalue weighted by atomic mass is 35.5. The first-order valence-electron chi connectivity index (χ1n) is 5.90. The number of fused-ring (bicyclic) bond motifs is 1. The zero-order chi connectivity index (χ0) is 14.3. The van der Waals surface area contributed by atoms with Crippen molar-refractivity contribution in [3.05, 3.63) is 45.8 Å². The molecule has 102 valence electrons. The lowest BCUT2D eigenvalue weighted by Gasteiger charge is -2.08. The molecule has 0 fully saturated rings. The van der Waals surface area contributed by atoms with Gasteiger partial charge in [0, 0.05) is 10.9 Å². The lowest BCUT2D eigenvalue weighted by Crippen LogP contribution is -1.93. The fraction of sp³-hybridized carbons (Fsp3) is 0.143. The molecule has 1 aromatic carbocycles. The Bertz CT molecular complexity index is 803. The molecular formula is C14H10ClFN2OS. The van der Waals surface area contributed by atoms with E-state index in [2.05, 4.69) is 9.97 Å². The molecule has 0 spiro atoms. The first-order chi connectivity index (χ1) is 9.52. The lowest BCUT2D eigenvalue weighted by molar-refractivity contribution is 0.460. The van der Waals surface area contributed by atoms with Gasteiger partial charge in [0.25, 0.3) is 0 Å². The summed E-state index contributed by atoms with van der Waals surface area (Å²) in [6, 6.07) is 6.31. The highest BCUT2D eigenvalue weighted by Crippen LogP contribution is 2.34. The Balaban J connectivity index is 2.12. The monoisotopic (exact) mass is 308 g/mol. The van der Waals surface area contributed by atoms with Crippen LogP contribution in [0.3, 0.4) is 0 Å². The number of hydrogen-bond acceptors (Lipinski definition) is 4. The molecule has 20 heavy (non-hydrogen) atoms. The second kappa shape index (κ2) is 5.00. The highest BCUT2D eigenvalue weighted by molar-refractivity contribution is 7.18. The van der Waals surface area contributed by atoms with E-state index >= 15 is 0 Å². The first-order valence-corrected chi connectivity index (χ1v) is 7.10. The van der Waals surface area contributed by atoms with Gasteiger partial charge in [-0.15, -0.1) is 11.3 Å². The third-order valence-electron chi connectivity index (χ3n) is 2.81. The molecule has 3 rings (SSSR count). The van der Waals surface area contributed by atoms with Crippen LogP contribution < -0.4 is 4.74 Å². The average Bonchev–Trinajstić information content (AvgIpc) is 2.74. The van der Waals surface area contributed by atoms with Gasteiger partial charge >= 0.3 is 0 Å². The maximum atomic E-state index is 13.3. The third-order valence-corrected chi connectivity index (χ3v) is 3.92. The molecular weight excluding hydrogens is 299 g/mol. The molecule has 3 aromatic rings. The Kier molecular flexibility index (Phi) is 3.31. The van der Waals surface area contributed by atoms with E-state index in [0.717, 1.165) is 20.7 Å². The second-order valence-electron chi connectivity index (χ2n) is 4.39. The van der Waals surface area contributed by atoms with Gasteiger partial charge in [-0.2, -0.15) is 4.98 Å². The van der Waals surface area contributed by atoms with Crippen molar-refractivity contribution in [1.82, 2.24) is 9.97 Å². The largest absolute Gasteiger partial charge is 0.438 e. The number of benzene rings is 1. The van der Waals surface area contributed by atoms with Gasteiger partial charge in [-0.1, -0.05) is 6.07 Å². The van der Waals surface area contributed by atoms with Crippen molar-refractivity contribution in [2.24, 2.45) is 0 Å². The summed E-state index contributed by atoms with van der Waals surface area (Å²) in [5.74, 6) is 0.409. The Labute approximate surface area is 124 Å². The summed E-state index contributed by atoms with van der Waals surface area (Å²) >= 11 is 7.41. The number of aryl methyl sites for hydroxylation is 2. The van der Waals surface area contributed by atoms with Gasteiger partial charge in [0.05, 0.1) is 5.39 Å². The number of thiophene rings is 1. The summed E-state index contributed by atoms with van der Waals surface area (Å²) in [7, 11) is 0. The Morgan fingerprint density at radius 3 is 2.80 bits per heavy atom. The van der Waals surface area contributed by atoms with Crippen molar-refractivity contribution in [1.29, 1.82) is 0 Å². The van der Waals surface area contributed by atoms with Gasteiger partial charge in [0.1, 0.15) is 16.4 Å². The summed E-state index contributed by atoms with van der Waals surface area (Å²) in [6.45, 7) is 3.81. The molecule has 3 nitrogen and oxygen atoms in total. The van der Waals surface area contributed by atoms with Crippen molar-refractivity contribution in [3.63, 3.8) is 0 Å². The van der Waals surface area contributed by atoms with Crippen LogP contribution in [0.4, 0.5) is 4.39 Å². The number of rotatable bonds is 2. The first kappa shape index (κ1) is 13.3. The molecule has 0 atom stereocenters. The van der Waals surface area contributed by atoms with Gasteiger partial charge in [0.15, 0.2) is 0 Å². The molecule has 0 amide bonds. The van der Waals surface area contributed by atoms with E-state index in [0.29, 0.717) is 11.6 Å². The Hall–Kier alpha value is -1.72. The maximum Gasteiger partial charge on any atom is 0.232 e. The van der Waals surface area contributed by atoms with Crippen LogP contribution in [0, 0.1) is 19.7 Å². The maximum absolute atomic E-state index is 13.3. The summed E-state index contributed by atoms with van der Waals surface area (Å²) in [5.41, 5.74) is 0.821. The Morgan fingerprint density at radius 1 is 1.20 bits per heavy atom. The quantitative estimate of drug-likeness (QED) is 0.632. The highest BCUT2D eigenvalue weighted by Gasteiger charge is 2.13. The number of hydrogen-bond donors (Lipinski definition) is 0. The van der Waals surface area contributed by atoms with Gasteiger partial charge in [-0.3, -0.25) is 0 Å². The number of nitrogens with zero attached hydrogens (tertiary/aromatic N) is 2. The standard InChI is InChI=1S/C14H10ClFN2OS/c1-7-3-4-9(16)6-11(7)19-12-10-5-8(2)20-13(10)18-14(15)17-12/h3-6H,1-2H3. The molecule has 0 aliphatic rings. The predicted octanol–water partition coefficient (Wildman–Crippen LogP) is 4.89. The van der Waals surface area contributed by atoms with Crippen molar-refractivity contribution in [3.8, 4) is 11.6 Å². The van der Waals surface area contributed by atoms with E-state index in [1.807, 2.05) is 19.9 Å². The molecule has 2 heterocycles. The van der Waals surface area contributed by atoms with Crippen molar-refractivity contribution < 1.29 is 9.13 Å². The van der Waals surface area contributed by atoms with Crippen molar-refractivity contribution in [2.45, 2.75) is 13.8 Å². The van der Waals surface area contributed by atoms with Crippen LogP contribution >= 0.6 is 22.9 Å². The summed E-state index contributed by atoms with van der Waals surface area (Å²) in [6.07, 6.45) is 0. The van der Waals surface area contributed by atoms with E-state index in [1.54, 1.807) is 6.07 Å². The SMILES string of the molecule is Cc1cc2c(Oc3cc(F)ccc3C)nc(Cl)nc2s1. The van der Waals surface area contributed by atoms with Gasteiger partial charge in [-0.05, 0) is 43.1 Å². The van der Waals surface area contributed by atoms with Crippen LogP contribution in [0.15, 0.2) is 24.3 Å². The fourth-order valence-electron chi connectivity index (χ4n) is 1.86. The van der Waals surface area contributed by atoms with Crippen LogP contribution in [0.25, 0.3) is 10.2 Å². The van der Waals surface area contributed by atoms with Crippen LogP contribution in [0.1, 0.15) is 10.4 Å². The number of ether oxygens (including phenoxy) is 1. The molecule has 0 bridgehead atoms. The van der Waals surface area contributed by atoms with E-state index in [4.69, 9.17) is 16.3 Å². The molecule has 6 heteroatoms.